The van der Waals surface area contributed by atoms with E-state index in [1.54, 1.807) is 14.2 Å². The Morgan fingerprint density at radius 1 is 1.09 bits per heavy atom. The molecule has 0 aliphatic carbocycles. The van der Waals surface area contributed by atoms with Crippen molar-refractivity contribution in [2.45, 2.75) is 31.8 Å². The third-order valence-electron chi connectivity index (χ3n) is 4.52. The molecule has 1 unspecified atom stereocenters. The van der Waals surface area contributed by atoms with E-state index in [2.05, 4.69) is 17.0 Å². The third kappa shape index (κ3) is 3.67. The van der Waals surface area contributed by atoms with Crippen molar-refractivity contribution in [1.82, 2.24) is 4.90 Å². The zero-order chi connectivity index (χ0) is 14.7. The predicted octanol–water partition coefficient (Wildman–Crippen LogP) is 3.23. The van der Waals surface area contributed by atoms with Crippen molar-refractivity contribution < 1.29 is 14.2 Å². The van der Waals surface area contributed by atoms with E-state index < -0.39 is 0 Å². The van der Waals surface area contributed by atoms with E-state index in [4.69, 9.17) is 14.2 Å². The van der Waals surface area contributed by atoms with Gasteiger partial charge in [-0.2, -0.15) is 0 Å². The second kappa shape index (κ2) is 8.04. The third-order valence-corrected chi connectivity index (χ3v) is 4.52. The molecule has 0 saturated carbocycles. The average Bonchev–Trinajstić information content (AvgIpc) is 2.94. The fraction of sp³-hybridized carbons (Fsp3) is 0.647. The molecule has 3 rings (SSSR count). The van der Waals surface area contributed by atoms with Gasteiger partial charge in [-0.15, -0.1) is 12.4 Å². The van der Waals surface area contributed by atoms with Crippen LogP contribution in [0.4, 0.5) is 0 Å². The number of hydrogen-bond acceptors (Lipinski definition) is 4. The molecule has 124 valence electrons. The van der Waals surface area contributed by atoms with Crippen molar-refractivity contribution in [2.75, 3.05) is 40.5 Å². The Balaban J connectivity index is 0.00000176. The number of rotatable bonds is 4. The number of aryl methyl sites for hydroxylation is 1. The molecule has 22 heavy (non-hydrogen) atoms. The van der Waals surface area contributed by atoms with Crippen LogP contribution in [0.2, 0.25) is 0 Å². The zero-order valence-corrected chi connectivity index (χ0v) is 14.3. The number of halogens is 1. The van der Waals surface area contributed by atoms with Gasteiger partial charge >= 0.3 is 0 Å². The van der Waals surface area contributed by atoms with E-state index in [1.807, 2.05) is 0 Å². The smallest absolute Gasteiger partial charge is 0.161 e. The minimum atomic E-state index is 0. The van der Waals surface area contributed by atoms with Gasteiger partial charge in [-0.3, -0.25) is 0 Å². The molecule has 0 amide bonds. The van der Waals surface area contributed by atoms with Crippen LogP contribution < -0.4 is 9.47 Å². The first-order valence-electron chi connectivity index (χ1n) is 7.90. The van der Waals surface area contributed by atoms with Crippen LogP contribution in [-0.2, 0) is 11.2 Å². The van der Waals surface area contributed by atoms with Gasteiger partial charge in [0.1, 0.15) is 0 Å². The number of likely N-dealkylation sites (tertiary alicyclic amines) is 1. The first-order valence-corrected chi connectivity index (χ1v) is 7.90. The summed E-state index contributed by atoms with van der Waals surface area (Å²) in [7, 11) is 3.39. The molecule has 1 fully saturated rings. The molecule has 2 aliphatic rings. The van der Waals surface area contributed by atoms with Crippen LogP contribution in [0, 0.1) is 0 Å². The van der Waals surface area contributed by atoms with E-state index in [0.29, 0.717) is 0 Å². The van der Waals surface area contributed by atoms with E-state index >= 15 is 0 Å². The van der Waals surface area contributed by atoms with Crippen LogP contribution >= 0.6 is 12.4 Å². The molecule has 1 aromatic rings. The Morgan fingerprint density at radius 2 is 1.77 bits per heavy atom. The van der Waals surface area contributed by atoms with Crippen LogP contribution in [0.15, 0.2) is 12.1 Å². The number of methoxy groups -OCH3 is 2. The number of benzene rings is 1. The summed E-state index contributed by atoms with van der Waals surface area (Å²) in [5.41, 5.74) is 2.62. The Labute approximate surface area is 139 Å². The van der Waals surface area contributed by atoms with Gasteiger partial charge in [-0.05, 0) is 62.0 Å². The monoisotopic (exact) mass is 327 g/mol. The lowest BCUT2D eigenvalue weighted by atomic mass is 9.98. The molecular weight excluding hydrogens is 302 g/mol. The molecule has 1 atom stereocenters. The van der Waals surface area contributed by atoms with Crippen molar-refractivity contribution in [3.05, 3.63) is 23.3 Å². The van der Waals surface area contributed by atoms with E-state index in [-0.39, 0.29) is 18.5 Å². The van der Waals surface area contributed by atoms with Crippen molar-refractivity contribution in [3.8, 4) is 11.5 Å². The molecule has 0 spiro atoms. The van der Waals surface area contributed by atoms with E-state index in [9.17, 15) is 0 Å². The summed E-state index contributed by atoms with van der Waals surface area (Å²) in [6.45, 7) is 4.21. The van der Waals surface area contributed by atoms with Crippen molar-refractivity contribution in [3.63, 3.8) is 0 Å². The van der Waals surface area contributed by atoms with Gasteiger partial charge in [-0.1, -0.05) is 0 Å². The maximum Gasteiger partial charge on any atom is 0.161 e. The van der Waals surface area contributed by atoms with Gasteiger partial charge in [0.05, 0.1) is 20.3 Å². The predicted molar refractivity (Wildman–Crippen MR) is 89.5 cm³/mol. The number of fused-ring (bicyclic) bond motifs is 1. The Morgan fingerprint density at radius 3 is 2.45 bits per heavy atom. The Kier molecular flexibility index (Phi) is 6.36. The van der Waals surface area contributed by atoms with Gasteiger partial charge in [0.25, 0.3) is 0 Å². The van der Waals surface area contributed by atoms with Gasteiger partial charge in [0.2, 0.25) is 0 Å². The van der Waals surface area contributed by atoms with Gasteiger partial charge in [-0.25, -0.2) is 0 Å². The van der Waals surface area contributed by atoms with Crippen LogP contribution in [-0.4, -0.2) is 45.4 Å². The van der Waals surface area contributed by atoms with E-state index in [0.717, 1.165) is 37.5 Å². The van der Waals surface area contributed by atoms with Crippen LogP contribution in [0.1, 0.15) is 36.5 Å². The van der Waals surface area contributed by atoms with Crippen LogP contribution in [0.3, 0.4) is 0 Å². The minimum Gasteiger partial charge on any atom is -0.493 e. The first kappa shape index (κ1) is 17.4. The van der Waals surface area contributed by atoms with Crippen molar-refractivity contribution in [2.24, 2.45) is 0 Å². The van der Waals surface area contributed by atoms with Crippen LogP contribution in [0.5, 0.6) is 11.5 Å². The molecule has 1 aromatic carbocycles. The molecule has 5 heteroatoms. The Hall–Kier alpha value is -0.970. The average molecular weight is 328 g/mol. The summed E-state index contributed by atoms with van der Waals surface area (Å²) < 4.78 is 17.0. The topological polar surface area (TPSA) is 30.9 Å². The highest BCUT2D eigenvalue weighted by molar-refractivity contribution is 5.85. The maximum absolute atomic E-state index is 6.13. The summed E-state index contributed by atoms with van der Waals surface area (Å²) in [4.78, 5) is 2.51. The Bertz CT molecular complexity index is 489. The molecule has 0 bridgehead atoms. The molecule has 2 aliphatic heterocycles. The molecule has 4 nitrogen and oxygen atoms in total. The van der Waals surface area contributed by atoms with Crippen molar-refractivity contribution >= 4 is 12.4 Å². The normalized spacial score (nSPS) is 21.6. The standard InChI is InChI=1S/C17H25NO3.ClH/c1-19-15-10-13-6-5-9-21-17(12-18-7-3-4-8-18)14(13)11-16(15)20-2;/h10-11,17H,3-9,12H2,1-2H3;1H. The quantitative estimate of drug-likeness (QED) is 0.849. The van der Waals surface area contributed by atoms with Crippen LogP contribution in [0.25, 0.3) is 0 Å². The molecule has 1 saturated heterocycles. The fourth-order valence-electron chi connectivity index (χ4n) is 3.38. The highest BCUT2D eigenvalue weighted by Gasteiger charge is 2.25. The lowest BCUT2D eigenvalue weighted by Crippen LogP contribution is -2.27. The zero-order valence-electron chi connectivity index (χ0n) is 13.5. The molecule has 0 N–H and O–H groups in total. The molecule has 0 aromatic heterocycles. The summed E-state index contributed by atoms with van der Waals surface area (Å²) in [5, 5.41) is 0. The summed E-state index contributed by atoms with van der Waals surface area (Å²) >= 11 is 0. The first-order chi connectivity index (χ1) is 10.3. The molecule has 2 heterocycles. The lowest BCUT2D eigenvalue weighted by molar-refractivity contribution is 0.0332. The minimum absolute atomic E-state index is 0. The summed E-state index contributed by atoms with van der Waals surface area (Å²) in [6, 6.07) is 4.24. The second-order valence-corrected chi connectivity index (χ2v) is 5.88. The maximum atomic E-state index is 6.13. The second-order valence-electron chi connectivity index (χ2n) is 5.88. The SMILES string of the molecule is COc1cc2c(cc1OC)C(CN1CCCC1)OCCC2.Cl. The van der Waals surface area contributed by atoms with Crippen molar-refractivity contribution in [1.29, 1.82) is 0 Å². The summed E-state index contributed by atoms with van der Waals surface area (Å²) in [6.07, 6.45) is 4.89. The van der Waals surface area contributed by atoms with E-state index in [1.165, 1.54) is 37.1 Å². The highest BCUT2D eigenvalue weighted by Crippen LogP contribution is 2.37. The summed E-state index contributed by atoms with van der Waals surface area (Å²) in [5.74, 6) is 1.62. The number of ether oxygens (including phenoxy) is 3. The van der Waals surface area contributed by atoms with Gasteiger partial charge in [0.15, 0.2) is 11.5 Å². The van der Waals surface area contributed by atoms with Gasteiger partial charge < -0.3 is 19.1 Å². The largest absolute Gasteiger partial charge is 0.493 e. The van der Waals surface area contributed by atoms with Gasteiger partial charge in [0, 0.05) is 13.2 Å². The number of nitrogens with zero attached hydrogens (tertiary/aromatic N) is 1. The molecule has 0 radical (unpaired) electrons. The number of hydrogen-bond donors (Lipinski definition) is 0. The lowest BCUT2D eigenvalue weighted by Gasteiger charge is -2.24. The molecular formula is C17H26ClNO3. The highest BCUT2D eigenvalue weighted by atomic mass is 35.5. The fourth-order valence-corrected chi connectivity index (χ4v) is 3.38.